The molecular formula is C12H15FN2OS. The molecule has 17 heavy (non-hydrogen) atoms. The van der Waals surface area contributed by atoms with Crippen LogP contribution in [0.15, 0.2) is 18.2 Å². The summed E-state index contributed by atoms with van der Waals surface area (Å²) in [7, 11) is 0. The summed E-state index contributed by atoms with van der Waals surface area (Å²) >= 11 is 1.91. The van der Waals surface area contributed by atoms with E-state index in [2.05, 4.69) is 5.32 Å². The number of carbonyl (C=O) groups is 1. The molecule has 5 heteroatoms. The van der Waals surface area contributed by atoms with Crippen LogP contribution in [0.5, 0.6) is 0 Å². The lowest BCUT2D eigenvalue weighted by molar-refractivity contribution is 0.100. The molecule has 1 fully saturated rings. The maximum Gasteiger partial charge on any atom is 0.248 e. The molecule has 0 bridgehead atoms. The lowest BCUT2D eigenvalue weighted by Crippen LogP contribution is -2.25. The van der Waals surface area contributed by atoms with Crippen LogP contribution in [-0.2, 0) is 0 Å². The van der Waals surface area contributed by atoms with Gasteiger partial charge in [-0.05, 0) is 42.5 Å². The summed E-state index contributed by atoms with van der Waals surface area (Å²) in [6.45, 7) is 0. The maximum atomic E-state index is 13.6. The SMILES string of the molecule is NC(=O)c1ccc(F)c(NC2CCSCC2)c1. The summed E-state index contributed by atoms with van der Waals surface area (Å²) < 4.78 is 13.6. The molecule has 0 aliphatic carbocycles. The van der Waals surface area contributed by atoms with Crippen LogP contribution in [0.25, 0.3) is 0 Å². The zero-order valence-corrected chi connectivity index (χ0v) is 10.2. The third kappa shape index (κ3) is 3.12. The number of halogens is 1. The minimum atomic E-state index is -0.535. The maximum absolute atomic E-state index is 13.6. The average molecular weight is 254 g/mol. The molecule has 0 unspecified atom stereocenters. The van der Waals surface area contributed by atoms with Crippen LogP contribution in [0.3, 0.4) is 0 Å². The fourth-order valence-electron chi connectivity index (χ4n) is 1.85. The number of nitrogens with two attached hydrogens (primary N) is 1. The Bertz CT molecular complexity index is 419. The van der Waals surface area contributed by atoms with E-state index in [-0.39, 0.29) is 11.9 Å². The van der Waals surface area contributed by atoms with Crippen molar-refractivity contribution in [1.82, 2.24) is 0 Å². The quantitative estimate of drug-likeness (QED) is 0.869. The van der Waals surface area contributed by atoms with Crippen molar-refractivity contribution in [1.29, 1.82) is 0 Å². The molecular weight excluding hydrogens is 239 g/mol. The van der Waals surface area contributed by atoms with Crippen LogP contribution in [0.2, 0.25) is 0 Å². The van der Waals surface area contributed by atoms with Crippen molar-refractivity contribution in [3.8, 4) is 0 Å². The Morgan fingerprint density at radius 3 is 2.76 bits per heavy atom. The van der Waals surface area contributed by atoms with E-state index in [4.69, 9.17) is 5.73 Å². The molecule has 1 aliphatic rings. The van der Waals surface area contributed by atoms with E-state index >= 15 is 0 Å². The molecule has 0 radical (unpaired) electrons. The van der Waals surface area contributed by atoms with E-state index < -0.39 is 5.91 Å². The highest BCUT2D eigenvalue weighted by Crippen LogP contribution is 2.23. The molecule has 3 nitrogen and oxygen atoms in total. The summed E-state index contributed by atoms with van der Waals surface area (Å²) in [5.74, 6) is 1.31. The molecule has 3 N–H and O–H groups in total. The van der Waals surface area contributed by atoms with Gasteiger partial charge in [-0.1, -0.05) is 0 Å². The molecule has 0 aromatic heterocycles. The molecule has 1 saturated heterocycles. The number of amides is 1. The fraction of sp³-hybridized carbons (Fsp3) is 0.417. The van der Waals surface area contributed by atoms with E-state index in [9.17, 15) is 9.18 Å². The highest BCUT2D eigenvalue weighted by atomic mass is 32.2. The summed E-state index contributed by atoms with van der Waals surface area (Å²) in [6, 6.07) is 4.45. The highest BCUT2D eigenvalue weighted by molar-refractivity contribution is 7.99. The standard InChI is InChI=1S/C12H15FN2OS/c13-10-2-1-8(12(14)16)7-11(10)15-9-3-5-17-6-4-9/h1-2,7,9,15H,3-6H2,(H2,14,16). The van der Waals surface area contributed by atoms with E-state index in [1.807, 2.05) is 11.8 Å². The van der Waals surface area contributed by atoms with Crippen LogP contribution < -0.4 is 11.1 Å². The van der Waals surface area contributed by atoms with Gasteiger partial charge in [-0.3, -0.25) is 4.79 Å². The number of anilines is 1. The van der Waals surface area contributed by atoms with Crippen LogP contribution in [0, 0.1) is 5.82 Å². The van der Waals surface area contributed by atoms with Crippen LogP contribution in [-0.4, -0.2) is 23.5 Å². The minimum absolute atomic E-state index is 0.286. The van der Waals surface area contributed by atoms with Gasteiger partial charge in [0.15, 0.2) is 0 Å². The normalized spacial score (nSPS) is 16.8. The molecule has 1 amide bonds. The van der Waals surface area contributed by atoms with E-state index in [0.717, 1.165) is 24.3 Å². The number of primary amides is 1. The Balaban J connectivity index is 2.13. The topological polar surface area (TPSA) is 55.1 Å². The Morgan fingerprint density at radius 2 is 2.12 bits per heavy atom. The van der Waals surface area contributed by atoms with Gasteiger partial charge in [-0.2, -0.15) is 11.8 Å². The molecule has 0 saturated carbocycles. The number of hydrogen-bond acceptors (Lipinski definition) is 3. The predicted molar refractivity (Wildman–Crippen MR) is 68.9 cm³/mol. The van der Waals surface area contributed by atoms with Gasteiger partial charge >= 0.3 is 0 Å². The fourth-order valence-corrected chi connectivity index (χ4v) is 2.96. The average Bonchev–Trinajstić information content (AvgIpc) is 2.33. The van der Waals surface area contributed by atoms with Crippen molar-refractivity contribution in [2.45, 2.75) is 18.9 Å². The van der Waals surface area contributed by atoms with Gasteiger partial charge in [0.1, 0.15) is 5.82 Å². The van der Waals surface area contributed by atoms with E-state index in [1.165, 1.54) is 18.2 Å². The molecule has 92 valence electrons. The molecule has 1 aromatic rings. The molecule has 2 rings (SSSR count). The summed E-state index contributed by atoms with van der Waals surface area (Å²) in [6.07, 6.45) is 2.04. The molecule has 1 aromatic carbocycles. The zero-order valence-electron chi connectivity index (χ0n) is 9.41. The predicted octanol–water partition coefficient (Wildman–Crippen LogP) is 2.23. The van der Waals surface area contributed by atoms with Gasteiger partial charge in [-0.25, -0.2) is 4.39 Å². The monoisotopic (exact) mass is 254 g/mol. The second kappa shape index (κ2) is 5.40. The summed E-state index contributed by atoms with van der Waals surface area (Å²) in [5.41, 5.74) is 5.88. The third-order valence-corrected chi connectivity index (χ3v) is 3.88. The Labute approximate surface area is 104 Å². The van der Waals surface area contributed by atoms with Gasteiger partial charge in [0, 0.05) is 11.6 Å². The second-order valence-corrected chi connectivity index (χ2v) is 5.31. The number of thioether (sulfide) groups is 1. The first kappa shape index (κ1) is 12.2. The van der Waals surface area contributed by atoms with Crippen molar-refractivity contribution < 1.29 is 9.18 Å². The Morgan fingerprint density at radius 1 is 1.41 bits per heavy atom. The Kier molecular flexibility index (Phi) is 3.89. The number of hydrogen-bond donors (Lipinski definition) is 2. The first-order chi connectivity index (χ1) is 8.16. The van der Waals surface area contributed by atoms with E-state index in [0.29, 0.717) is 11.3 Å². The van der Waals surface area contributed by atoms with Gasteiger partial charge in [0.25, 0.3) is 0 Å². The lowest BCUT2D eigenvalue weighted by atomic mass is 10.1. The zero-order chi connectivity index (χ0) is 12.3. The lowest BCUT2D eigenvalue weighted by Gasteiger charge is -2.24. The van der Waals surface area contributed by atoms with Crippen molar-refractivity contribution >= 4 is 23.4 Å². The van der Waals surface area contributed by atoms with Gasteiger partial charge in [0.05, 0.1) is 5.69 Å². The molecule has 0 atom stereocenters. The van der Waals surface area contributed by atoms with Crippen molar-refractivity contribution in [2.24, 2.45) is 5.73 Å². The van der Waals surface area contributed by atoms with Crippen LogP contribution in [0.1, 0.15) is 23.2 Å². The molecule has 1 heterocycles. The first-order valence-corrected chi connectivity index (χ1v) is 6.76. The number of benzene rings is 1. The summed E-state index contributed by atoms with van der Waals surface area (Å²) in [4.78, 5) is 11.0. The third-order valence-electron chi connectivity index (χ3n) is 2.83. The van der Waals surface area contributed by atoms with Crippen molar-refractivity contribution in [2.75, 3.05) is 16.8 Å². The van der Waals surface area contributed by atoms with Crippen molar-refractivity contribution in [3.63, 3.8) is 0 Å². The number of rotatable bonds is 3. The molecule has 0 spiro atoms. The van der Waals surface area contributed by atoms with Crippen LogP contribution >= 0.6 is 11.8 Å². The number of carbonyl (C=O) groups excluding carboxylic acids is 1. The van der Waals surface area contributed by atoms with Crippen LogP contribution in [0.4, 0.5) is 10.1 Å². The minimum Gasteiger partial charge on any atom is -0.380 e. The van der Waals surface area contributed by atoms with E-state index in [1.54, 1.807) is 0 Å². The largest absolute Gasteiger partial charge is 0.380 e. The second-order valence-electron chi connectivity index (χ2n) is 4.09. The summed E-state index contributed by atoms with van der Waals surface area (Å²) in [5, 5.41) is 3.15. The van der Waals surface area contributed by atoms with Gasteiger partial charge in [0.2, 0.25) is 5.91 Å². The first-order valence-electron chi connectivity index (χ1n) is 5.60. The highest BCUT2D eigenvalue weighted by Gasteiger charge is 2.15. The van der Waals surface area contributed by atoms with Crippen molar-refractivity contribution in [3.05, 3.63) is 29.6 Å². The number of nitrogens with one attached hydrogen (secondary N) is 1. The Hall–Kier alpha value is -1.23. The smallest absolute Gasteiger partial charge is 0.248 e. The van der Waals surface area contributed by atoms with Gasteiger partial charge < -0.3 is 11.1 Å². The molecule has 1 aliphatic heterocycles. The van der Waals surface area contributed by atoms with Gasteiger partial charge in [-0.15, -0.1) is 0 Å².